The van der Waals surface area contributed by atoms with Gasteiger partial charge in [0.1, 0.15) is 0 Å². The number of nitrogens with one attached hydrogen (secondary N) is 1. The lowest BCUT2D eigenvalue weighted by Gasteiger charge is -2.09. The summed E-state index contributed by atoms with van der Waals surface area (Å²) in [6.45, 7) is 0. The molecular formula is C11H9F3N2OS. The number of carbonyl (C=O) groups is 1. The molecule has 0 aliphatic rings. The monoisotopic (exact) mass is 274 g/mol. The van der Waals surface area contributed by atoms with Crippen LogP contribution in [0.15, 0.2) is 24.3 Å². The molecule has 18 heavy (non-hydrogen) atoms. The number of nitrogens with zero attached hydrogens (tertiary/aromatic N) is 1. The molecule has 0 bridgehead atoms. The number of hydrogen-bond acceptors (Lipinski definition) is 3. The van der Waals surface area contributed by atoms with Gasteiger partial charge in [0, 0.05) is 5.69 Å². The molecule has 0 fully saturated rings. The predicted octanol–water partition coefficient (Wildman–Crippen LogP) is 2.90. The van der Waals surface area contributed by atoms with Crippen LogP contribution in [0.5, 0.6) is 0 Å². The molecule has 0 aliphatic heterocycles. The molecule has 1 aromatic carbocycles. The first kappa shape index (κ1) is 14.4. The van der Waals surface area contributed by atoms with Crippen molar-refractivity contribution in [2.24, 2.45) is 0 Å². The molecule has 0 saturated heterocycles. The van der Waals surface area contributed by atoms with Crippen molar-refractivity contribution in [1.82, 2.24) is 0 Å². The summed E-state index contributed by atoms with van der Waals surface area (Å²) in [6.07, 6.45) is -4.43. The molecule has 1 amide bonds. The smallest absolute Gasteiger partial charge is 0.325 e. The molecule has 0 radical (unpaired) electrons. The molecular weight excluding hydrogens is 265 g/mol. The van der Waals surface area contributed by atoms with Gasteiger partial charge in [-0.2, -0.15) is 18.4 Å². The van der Waals surface area contributed by atoms with Crippen LogP contribution in [-0.2, 0) is 11.0 Å². The summed E-state index contributed by atoms with van der Waals surface area (Å²) in [5.74, 6) is -0.241. The van der Waals surface area contributed by atoms with Crippen molar-refractivity contribution < 1.29 is 18.0 Å². The fourth-order valence-electron chi connectivity index (χ4n) is 1.16. The number of alkyl halides is 3. The summed E-state index contributed by atoms with van der Waals surface area (Å²) in [5, 5.41) is 10.6. The highest BCUT2D eigenvalue weighted by Gasteiger charge is 2.30. The molecule has 0 spiro atoms. The lowest BCUT2D eigenvalue weighted by Crippen LogP contribution is -2.15. The van der Waals surface area contributed by atoms with Crippen molar-refractivity contribution in [2.75, 3.05) is 16.8 Å². The molecule has 1 aromatic rings. The van der Waals surface area contributed by atoms with Crippen molar-refractivity contribution >= 4 is 23.4 Å². The number of nitriles is 1. The molecule has 7 heteroatoms. The van der Waals surface area contributed by atoms with Gasteiger partial charge in [0.15, 0.2) is 0 Å². The van der Waals surface area contributed by atoms with E-state index < -0.39 is 17.6 Å². The third-order valence-electron chi connectivity index (χ3n) is 1.87. The van der Waals surface area contributed by atoms with Crippen LogP contribution >= 0.6 is 11.8 Å². The Balaban J connectivity index is 2.63. The van der Waals surface area contributed by atoms with Gasteiger partial charge in [-0.05, 0) is 18.2 Å². The van der Waals surface area contributed by atoms with E-state index in [1.807, 2.05) is 6.07 Å². The number of thioether (sulfide) groups is 1. The summed E-state index contributed by atoms with van der Waals surface area (Å²) >= 11 is 1.09. The van der Waals surface area contributed by atoms with Gasteiger partial charge in [0.05, 0.1) is 23.1 Å². The van der Waals surface area contributed by atoms with Gasteiger partial charge in [-0.15, -0.1) is 11.8 Å². The van der Waals surface area contributed by atoms with E-state index >= 15 is 0 Å². The zero-order valence-corrected chi connectivity index (χ0v) is 9.94. The molecule has 0 aromatic heterocycles. The third kappa shape index (κ3) is 4.67. The topological polar surface area (TPSA) is 52.9 Å². The quantitative estimate of drug-likeness (QED) is 0.859. The number of amides is 1. The number of carbonyl (C=O) groups excluding carboxylic acids is 1. The molecule has 0 unspecified atom stereocenters. The van der Waals surface area contributed by atoms with E-state index in [9.17, 15) is 18.0 Å². The number of anilines is 1. The van der Waals surface area contributed by atoms with Crippen molar-refractivity contribution in [3.8, 4) is 6.07 Å². The number of rotatable bonds is 4. The van der Waals surface area contributed by atoms with Gasteiger partial charge < -0.3 is 5.32 Å². The van der Waals surface area contributed by atoms with E-state index in [4.69, 9.17) is 5.26 Å². The molecule has 96 valence electrons. The van der Waals surface area contributed by atoms with Gasteiger partial charge in [-0.3, -0.25) is 4.79 Å². The van der Waals surface area contributed by atoms with Crippen molar-refractivity contribution in [3.05, 3.63) is 29.8 Å². The van der Waals surface area contributed by atoms with E-state index in [0.717, 1.165) is 23.9 Å². The number of hydrogen-bond donors (Lipinski definition) is 1. The van der Waals surface area contributed by atoms with E-state index in [0.29, 0.717) is 0 Å². The number of halogens is 3. The van der Waals surface area contributed by atoms with Crippen LogP contribution in [-0.4, -0.2) is 17.4 Å². The molecule has 0 saturated carbocycles. The van der Waals surface area contributed by atoms with Gasteiger partial charge >= 0.3 is 6.18 Å². The van der Waals surface area contributed by atoms with Gasteiger partial charge in [0.25, 0.3) is 0 Å². The second-order valence-corrected chi connectivity index (χ2v) is 4.26. The van der Waals surface area contributed by atoms with Gasteiger partial charge in [0.2, 0.25) is 5.91 Å². The summed E-state index contributed by atoms with van der Waals surface area (Å²) < 4.78 is 37.2. The Kier molecular flexibility index (Phi) is 5.04. The zero-order chi connectivity index (χ0) is 13.6. The largest absolute Gasteiger partial charge is 0.416 e. The Labute approximate surface area is 106 Å². The minimum atomic E-state index is -4.43. The first-order valence-corrected chi connectivity index (χ1v) is 6.01. The van der Waals surface area contributed by atoms with E-state index in [2.05, 4.69) is 5.32 Å². The fraction of sp³-hybridized carbons (Fsp3) is 0.273. The number of benzene rings is 1. The van der Waals surface area contributed by atoms with Crippen LogP contribution in [0.2, 0.25) is 0 Å². The van der Waals surface area contributed by atoms with Crippen LogP contribution in [0.1, 0.15) is 5.56 Å². The Morgan fingerprint density at radius 1 is 1.44 bits per heavy atom. The van der Waals surface area contributed by atoms with Crippen LogP contribution in [0.25, 0.3) is 0 Å². The standard InChI is InChI=1S/C11H9F3N2OS/c12-11(13,14)8-2-1-3-9(6-8)16-10(17)7-18-5-4-15/h1-3,6H,5,7H2,(H,16,17). The first-order valence-electron chi connectivity index (χ1n) is 4.85. The predicted molar refractivity (Wildman–Crippen MR) is 63.0 cm³/mol. The third-order valence-corrected chi connectivity index (χ3v) is 2.67. The summed E-state index contributed by atoms with van der Waals surface area (Å²) in [4.78, 5) is 11.3. The molecule has 0 heterocycles. The van der Waals surface area contributed by atoms with Crippen LogP contribution in [0.3, 0.4) is 0 Å². The molecule has 3 nitrogen and oxygen atoms in total. The zero-order valence-electron chi connectivity index (χ0n) is 9.12. The Morgan fingerprint density at radius 2 is 2.17 bits per heavy atom. The summed E-state index contributed by atoms with van der Waals surface area (Å²) in [6, 6.07) is 6.25. The Hall–Kier alpha value is -1.68. The summed E-state index contributed by atoms with van der Waals surface area (Å²) in [7, 11) is 0. The average Bonchev–Trinajstić information content (AvgIpc) is 2.28. The maximum atomic E-state index is 12.4. The van der Waals surface area contributed by atoms with Crippen molar-refractivity contribution in [1.29, 1.82) is 5.26 Å². The lowest BCUT2D eigenvalue weighted by atomic mass is 10.2. The van der Waals surface area contributed by atoms with Crippen LogP contribution in [0, 0.1) is 11.3 Å². The van der Waals surface area contributed by atoms with Crippen LogP contribution < -0.4 is 5.32 Å². The average molecular weight is 274 g/mol. The highest BCUT2D eigenvalue weighted by atomic mass is 32.2. The summed E-state index contributed by atoms with van der Waals surface area (Å²) in [5.41, 5.74) is -0.725. The SMILES string of the molecule is N#CCSCC(=O)Nc1cccc(C(F)(F)F)c1. The molecule has 0 aliphatic carbocycles. The minimum absolute atomic E-state index is 0.0316. The molecule has 1 rings (SSSR count). The van der Waals surface area contributed by atoms with Gasteiger partial charge in [-0.1, -0.05) is 6.07 Å². The van der Waals surface area contributed by atoms with E-state index in [1.165, 1.54) is 12.1 Å². The van der Waals surface area contributed by atoms with E-state index in [1.54, 1.807) is 0 Å². The lowest BCUT2D eigenvalue weighted by molar-refractivity contribution is -0.137. The molecule has 1 N–H and O–H groups in total. The second-order valence-electron chi connectivity index (χ2n) is 3.28. The normalized spacial score (nSPS) is 10.8. The van der Waals surface area contributed by atoms with Crippen molar-refractivity contribution in [2.45, 2.75) is 6.18 Å². The van der Waals surface area contributed by atoms with Gasteiger partial charge in [-0.25, -0.2) is 0 Å². The maximum Gasteiger partial charge on any atom is 0.416 e. The van der Waals surface area contributed by atoms with Crippen molar-refractivity contribution in [3.63, 3.8) is 0 Å². The maximum absolute atomic E-state index is 12.4. The fourth-order valence-corrected chi connectivity index (χ4v) is 1.61. The minimum Gasteiger partial charge on any atom is -0.325 e. The highest BCUT2D eigenvalue weighted by molar-refractivity contribution is 8.00. The first-order chi connectivity index (χ1) is 8.43. The van der Waals surface area contributed by atoms with Crippen LogP contribution in [0.4, 0.5) is 18.9 Å². The Bertz CT molecular complexity index is 468. The molecule has 0 atom stereocenters. The van der Waals surface area contributed by atoms with E-state index in [-0.39, 0.29) is 17.2 Å². The second kappa shape index (κ2) is 6.31. The highest BCUT2D eigenvalue weighted by Crippen LogP contribution is 2.30. The Morgan fingerprint density at radius 3 is 2.78 bits per heavy atom.